The maximum absolute atomic E-state index is 12.0. The second kappa shape index (κ2) is 6.55. The molecule has 1 saturated heterocycles. The molecule has 7 nitrogen and oxygen atoms in total. The van der Waals surface area contributed by atoms with E-state index in [0.29, 0.717) is 6.54 Å². The predicted octanol–water partition coefficient (Wildman–Crippen LogP) is -0.832. The largest absolute Gasteiger partial charge is 0.480 e. The van der Waals surface area contributed by atoms with E-state index in [1.54, 1.807) is 4.90 Å². The molecule has 0 saturated carbocycles. The first-order valence-corrected chi connectivity index (χ1v) is 6.05. The Kier molecular flexibility index (Phi) is 5.36. The van der Waals surface area contributed by atoms with Gasteiger partial charge in [-0.25, -0.2) is 9.59 Å². The van der Waals surface area contributed by atoms with Crippen molar-refractivity contribution in [2.75, 3.05) is 33.3 Å². The highest BCUT2D eigenvalue weighted by Crippen LogP contribution is 2.08. The SMILES string of the molecule is CC1CN(C)CCN1C(=O)N[C@@H](CCO)C(=O)O. The summed E-state index contributed by atoms with van der Waals surface area (Å²) in [7, 11) is 1.98. The summed E-state index contributed by atoms with van der Waals surface area (Å²) in [6.07, 6.45) is 0.0171. The first kappa shape index (κ1) is 14.7. The second-order valence-electron chi connectivity index (χ2n) is 4.66. The van der Waals surface area contributed by atoms with Crippen molar-refractivity contribution in [1.82, 2.24) is 15.1 Å². The number of carboxylic acid groups (broad SMARTS) is 1. The van der Waals surface area contributed by atoms with Crippen LogP contribution in [0, 0.1) is 0 Å². The maximum atomic E-state index is 12.0. The van der Waals surface area contributed by atoms with E-state index < -0.39 is 12.0 Å². The molecule has 7 heteroatoms. The molecule has 1 unspecified atom stereocenters. The number of carboxylic acids is 1. The molecule has 104 valence electrons. The number of aliphatic carboxylic acids is 1. The zero-order valence-corrected chi connectivity index (χ0v) is 10.8. The number of hydrogen-bond acceptors (Lipinski definition) is 4. The van der Waals surface area contributed by atoms with Gasteiger partial charge in [-0.1, -0.05) is 0 Å². The lowest BCUT2D eigenvalue weighted by Gasteiger charge is -2.38. The third-order valence-electron chi connectivity index (χ3n) is 3.11. The van der Waals surface area contributed by atoms with Gasteiger partial charge in [0.1, 0.15) is 6.04 Å². The molecule has 0 spiro atoms. The molecule has 2 amide bonds. The Morgan fingerprint density at radius 3 is 2.61 bits per heavy atom. The third kappa shape index (κ3) is 3.85. The number of carbonyl (C=O) groups is 2. The fourth-order valence-electron chi connectivity index (χ4n) is 2.06. The standard InChI is InChI=1S/C11H21N3O4/c1-8-7-13(2)4-5-14(8)11(18)12-9(3-6-15)10(16)17/h8-9,15H,3-7H2,1-2H3,(H,12,18)(H,16,17)/t8?,9-/m0/s1. The van der Waals surface area contributed by atoms with Gasteiger partial charge in [0.15, 0.2) is 0 Å². The minimum Gasteiger partial charge on any atom is -0.480 e. The molecule has 2 atom stereocenters. The van der Waals surface area contributed by atoms with Crippen LogP contribution >= 0.6 is 0 Å². The van der Waals surface area contributed by atoms with Crippen molar-refractivity contribution in [3.05, 3.63) is 0 Å². The van der Waals surface area contributed by atoms with Gasteiger partial charge in [-0.3, -0.25) is 0 Å². The van der Waals surface area contributed by atoms with E-state index in [9.17, 15) is 9.59 Å². The summed E-state index contributed by atoms with van der Waals surface area (Å²) in [4.78, 5) is 26.6. The lowest BCUT2D eigenvalue weighted by atomic mass is 10.2. The number of carbonyl (C=O) groups excluding carboxylic acids is 1. The van der Waals surface area contributed by atoms with Crippen LogP contribution in [-0.4, -0.2) is 77.4 Å². The summed E-state index contributed by atoms with van der Waals surface area (Å²) in [5.41, 5.74) is 0. The van der Waals surface area contributed by atoms with E-state index in [1.165, 1.54) is 0 Å². The normalized spacial score (nSPS) is 22.6. The van der Waals surface area contributed by atoms with Crippen molar-refractivity contribution in [1.29, 1.82) is 0 Å². The van der Waals surface area contributed by atoms with Crippen LogP contribution in [-0.2, 0) is 4.79 Å². The van der Waals surface area contributed by atoms with Gasteiger partial charge in [0.05, 0.1) is 0 Å². The molecule has 1 fully saturated rings. The molecule has 0 aromatic rings. The average Bonchev–Trinajstić information content (AvgIpc) is 2.27. The molecule has 1 aliphatic heterocycles. The molecule has 3 N–H and O–H groups in total. The molecule has 1 aliphatic rings. The van der Waals surface area contributed by atoms with Crippen molar-refractivity contribution in [2.24, 2.45) is 0 Å². The second-order valence-corrected chi connectivity index (χ2v) is 4.66. The molecule has 0 aromatic heterocycles. The van der Waals surface area contributed by atoms with Crippen LogP contribution in [0.15, 0.2) is 0 Å². The number of aliphatic hydroxyl groups is 1. The summed E-state index contributed by atoms with van der Waals surface area (Å²) >= 11 is 0. The zero-order valence-electron chi connectivity index (χ0n) is 10.8. The predicted molar refractivity (Wildman–Crippen MR) is 65.3 cm³/mol. The van der Waals surface area contributed by atoms with E-state index in [4.69, 9.17) is 10.2 Å². The van der Waals surface area contributed by atoms with E-state index in [-0.39, 0.29) is 25.1 Å². The fraction of sp³-hybridized carbons (Fsp3) is 0.818. The molecule has 1 rings (SSSR count). The van der Waals surface area contributed by atoms with Crippen LogP contribution in [0.2, 0.25) is 0 Å². The van der Waals surface area contributed by atoms with Gasteiger partial charge < -0.3 is 25.3 Å². The van der Waals surface area contributed by atoms with Crippen LogP contribution in [0.3, 0.4) is 0 Å². The monoisotopic (exact) mass is 259 g/mol. The third-order valence-corrected chi connectivity index (χ3v) is 3.11. The zero-order chi connectivity index (χ0) is 13.7. The number of aliphatic hydroxyl groups excluding tert-OH is 1. The Morgan fingerprint density at radius 2 is 2.11 bits per heavy atom. The summed E-state index contributed by atoms with van der Waals surface area (Å²) in [6, 6.07) is -1.36. The molecule has 1 heterocycles. The summed E-state index contributed by atoms with van der Waals surface area (Å²) in [6.45, 7) is 3.78. The van der Waals surface area contributed by atoms with Gasteiger partial charge >= 0.3 is 12.0 Å². The average molecular weight is 259 g/mol. The maximum Gasteiger partial charge on any atom is 0.326 e. The Morgan fingerprint density at radius 1 is 1.44 bits per heavy atom. The molecule has 0 aromatic carbocycles. The van der Waals surface area contributed by atoms with Crippen molar-refractivity contribution in [3.8, 4) is 0 Å². The Labute approximate surface area is 106 Å². The van der Waals surface area contributed by atoms with Gasteiger partial charge in [-0.15, -0.1) is 0 Å². The van der Waals surface area contributed by atoms with E-state index in [1.807, 2.05) is 14.0 Å². The Hall–Kier alpha value is -1.34. The molecule has 0 radical (unpaired) electrons. The molecule has 0 bridgehead atoms. The Bertz CT molecular complexity index is 311. The van der Waals surface area contributed by atoms with Gasteiger partial charge in [0, 0.05) is 38.7 Å². The minimum atomic E-state index is -1.13. The summed E-state index contributed by atoms with van der Waals surface area (Å²) in [5, 5.41) is 20.1. The van der Waals surface area contributed by atoms with Crippen LogP contribution < -0.4 is 5.32 Å². The highest BCUT2D eigenvalue weighted by Gasteiger charge is 2.28. The van der Waals surface area contributed by atoms with Crippen LogP contribution in [0.4, 0.5) is 4.79 Å². The lowest BCUT2D eigenvalue weighted by molar-refractivity contribution is -0.139. The molecular formula is C11H21N3O4. The molecular weight excluding hydrogens is 238 g/mol. The first-order chi connectivity index (χ1) is 8.45. The smallest absolute Gasteiger partial charge is 0.326 e. The van der Waals surface area contributed by atoms with Crippen LogP contribution in [0.25, 0.3) is 0 Å². The quantitative estimate of drug-likeness (QED) is 0.612. The van der Waals surface area contributed by atoms with Crippen LogP contribution in [0.5, 0.6) is 0 Å². The number of nitrogens with zero attached hydrogens (tertiary/aromatic N) is 2. The lowest BCUT2D eigenvalue weighted by Crippen LogP contribution is -2.57. The van der Waals surface area contributed by atoms with Crippen LogP contribution in [0.1, 0.15) is 13.3 Å². The molecule has 18 heavy (non-hydrogen) atoms. The summed E-state index contributed by atoms with van der Waals surface area (Å²) < 4.78 is 0. The molecule has 0 aliphatic carbocycles. The number of nitrogens with one attached hydrogen (secondary N) is 1. The van der Waals surface area contributed by atoms with Crippen molar-refractivity contribution in [3.63, 3.8) is 0 Å². The van der Waals surface area contributed by atoms with Gasteiger partial charge in [0.25, 0.3) is 0 Å². The highest BCUT2D eigenvalue weighted by molar-refractivity contribution is 5.82. The van der Waals surface area contributed by atoms with Gasteiger partial charge in [-0.2, -0.15) is 0 Å². The first-order valence-electron chi connectivity index (χ1n) is 6.05. The van der Waals surface area contributed by atoms with Crippen molar-refractivity contribution < 1.29 is 19.8 Å². The number of likely N-dealkylation sites (N-methyl/N-ethyl adjacent to an activating group) is 1. The summed E-state index contributed by atoms with van der Waals surface area (Å²) in [5.74, 6) is -1.13. The number of piperazine rings is 1. The number of rotatable bonds is 4. The fourth-order valence-corrected chi connectivity index (χ4v) is 2.06. The topological polar surface area (TPSA) is 93.1 Å². The van der Waals surface area contributed by atoms with E-state index in [0.717, 1.165) is 13.1 Å². The van der Waals surface area contributed by atoms with E-state index >= 15 is 0 Å². The number of urea groups is 1. The van der Waals surface area contributed by atoms with Crippen molar-refractivity contribution in [2.45, 2.75) is 25.4 Å². The Balaban J connectivity index is 2.55. The van der Waals surface area contributed by atoms with E-state index in [2.05, 4.69) is 10.2 Å². The van der Waals surface area contributed by atoms with Crippen molar-refractivity contribution >= 4 is 12.0 Å². The minimum absolute atomic E-state index is 0.0171. The van der Waals surface area contributed by atoms with Gasteiger partial charge in [-0.05, 0) is 14.0 Å². The number of hydrogen-bond donors (Lipinski definition) is 3. The highest BCUT2D eigenvalue weighted by atomic mass is 16.4. The number of amides is 2. The van der Waals surface area contributed by atoms with Gasteiger partial charge in [0.2, 0.25) is 0 Å².